The Kier molecular flexibility index (Phi) is 7.84. The monoisotopic (exact) mass is 489 g/mol. The molecular formula is C22H27N5O6S. The van der Waals surface area contributed by atoms with Crippen molar-refractivity contribution in [2.75, 3.05) is 44.2 Å². The van der Waals surface area contributed by atoms with Crippen molar-refractivity contribution >= 4 is 33.2 Å². The highest BCUT2D eigenvalue weighted by atomic mass is 32.2. The lowest BCUT2D eigenvalue weighted by atomic mass is 10.1. The van der Waals surface area contributed by atoms with Crippen LogP contribution in [0.15, 0.2) is 47.4 Å². The maximum atomic E-state index is 12.4. The molecule has 1 aliphatic rings. The van der Waals surface area contributed by atoms with Gasteiger partial charge in [0.25, 0.3) is 5.69 Å². The molecule has 11 nitrogen and oxygen atoms in total. The fourth-order valence-electron chi connectivity index (χ4n) is 3.47. The molecule has 12 heteroatoms. The Morgan fingerprint density at radius 2 is 1.62 bits per heavy atom. The van der Waals surface area contributed by atoms with Gasteiger partial charge in [0, 0.05) is 44.0 Å². The highest BCUT2D eigenvalue weighted by Gasteiger charge is 2.22. The van der Waals surface area contributed by atoms with Crippen LogP contribution in [0, 0.1) is 24.0 Å². The minimum atomic E-state index is -3.84. The summed E-state index contributed by atoms with van der Waals surface area (Å²) in [5.74, 6) is -0.876. The van der Waals surface area contributed by atoms with Gasteiger partial charge in [0.15, 0.2) is 0 Å². The minimum absolute atomic E-state index is 0.0181. The van der Waals surface area contributed by atoms with Crippen LogP contribution in [0.3, 0.4) is 0 Å². The van der Waals surface area contributed by atoms with Crippen LogP contribution in [0.2, 0.25) is 0 Å². The average molecular weight is 490 g/mol. The van der Waals surface area contributed by atoms with E-state index >= 15 is 0 Å². The van der Waals surface area contributed by atoms with Crippen LogP contribution in [0.5, 0.6) is 0 Å². The standard InChI is InChI=1S/C22H27N5O6S/c1-16-3-8-20(13-17(16)2)34(32,33)24-14-21(28)23-15-22(29)26-11-9-25(10-12-26)18-4-6-19(7-5-18)27(30)31/h3-8,13,24H,9-12,14-15H2,1-2H3,(H,23,28). The Balaban J connectivity index is 1.42. The van der Waals surface area contributed by atoms with E-state index in [1.807, 2.05) is 11.8 Å². The van der Waals surface area contributed by atoms with Crippen LogP contribution >= 0.6 is 0 Å². The molecule has 2 aromatic rings. The quantitative estimate of drug-likeness (QED) is 0.415. The Bertz CT molecular complexity index is 1170. The topological polar surface area (TPSA) is 142 Å². The lowest BCUT2D eigenvalue weighted by molar-refractivity contribution is -0.384. The molecule has 0 aliphatic carbocycles. The van der Waals surface area contributed by atoms with Crippen molar-refractivity contribution < 1.29 is 22.9 Å². The predicted octanol–water partition coefficient (Wildman–Crippen LogP) is 0.955. The third-order valence-electron chi connectivity index (χ3n) is 5.71. The zero-order valence-corrected chi connectivity index (χ0v) is 19.8. The normalized spacial score (nSPS) is 14.1. The van der Waals surface area contributed by atoms with Crippen molar-refractivity contribution in [1.82, 2.24) is 14.9 Å². The molecule has 0 bridgehead atoms. The lowest BCUT2D eigenvalue weighted by Crippen LogP contribution is -2.51. The van der Waals surface area contributed by atoms with Gasteiger partial charge >= 0.3 is 0 Å². The first-order chi connectivity index (χ1) is 16.1. The van der Waals surface area contributed by atoms with Crippen molar-refractivity contribution in [2.45, 2.75) is 18.7 Å². The van der Waals surface area contributed by atoms with Crippen LogP contribution in [0.1, 0.15) is 11.1 Å². The third-order valence-corrected chi connectivity index (χ3v) is 7.11. The number of piperazine rings is 1. The number of nitrogens with zero attached hydrogens (tertiary/aromatic N) is 3. The van der Waals surface area contributed by atoms with Gasteiger partial charge in [-0.2, -0.15) is 0 Å². The summed E-state index contributed by atoms with van der Waals surface area (Å²) < 4.78 is 27.0. The number of rotatable bonds is 8. The van der Waals surface area contributed by atoms with E-state index in [-0.39, 0.29) is 23.0 Å². The minimum Gasteiger partial charge on any atom is -0.368 e. The van der Waals surface area contributed by atoms with Gasteiger partial charge in [-0.25, -0.2) is 13.1 Å². The number of amides is 2. The second-order valence-electron chi connectivity index (χ2n) is 7.99. The van der Waals surface area contributed by atoms with E-state index in [1.54, 1.807) is 30.0 Å². The fourth-order valence-corrected chi connectivity index (χ4v) is 4.54. The van der Waals surface area contributed by atoms with Crippen molar-refractivity contribution in [3.63, 3.8) is 0 Å². The van der Waals surface area contributed by atoms with E-state index in [0.717, 1.165) is 16.8 Å². The van der Waals surface area contributed by atoms with E-state index in [2.05, 4.69) is 10.0 Å². The van der Waals surface area contributed by atoms with Gasteiger partial charge in [0.1, 0.15) is 0 Å². The maximum absolute atomic E-state index is 12.4. The first-order valence-corrected chi connectivity index (χ1v) is 12.2. The Hall–Kier alpha value is -3.51. The number of nitro benzene ring substituents is 1. The molecule has 2 amide bonds. The Labute approximate surface area is 197 Å². The molecule has 182 valence electrons. The number of carbonyl (C=O) groups excluding carboxylic acids is 2. The predicted molar refractivity (Wildman–Crippen MR) is 126 cm³/mol. The summed E-state index contributed by atoms with van der Waals surface area (Å²) in [7, 11) is -3.84. The molecule has 1 aliphatic heterocycles. The Morgan fingerprint density at radius 1 is 0.971 bits per heavy atom. The van der Waals surface area contributed by atoms with Crippen LogP contribution in [-0.2, 0) is 19.6 Å². The molecule has 2 aromatic carbocycles. The van der Waals surface area contributed by atoms with Crippen LogP contribution < -0.4 is 14.9 Å². The Morgan fingerprint density at radius 3 is 2.21 bits per heavy atom. The molecule has 0 aromatic heterocycles. The van der Waals surface area contributed by atoms with Crippen molar-refractivity contribution in [3.05, 3.63) is 63.7 Å². The van der Waals surface area contributed by atoms with Gasteiger partial charge in [0.2, 0.25) is 21.8 Å². The molecular weight excluding hydrogens is 462 g/mol. The molecule has 2 N–H and O–H groups in total. The molecule has 0 radical (unpaired) electrons. The number of aryl methyl sites for hydroxylation is 2. The zero-order chi connectivity index (χ0) is 24.9. The second kappa shape index (κ2) is 10.6. The summed E-state index contributed by atoms with van der Waals surface area (Å²) in [4.78, 5) is 38.5. The number of hydrogen-bond acceptors (Lipinski definition) is 7. The number of nitrogens with one attached hydrogen (secondary N) is 2. The van der Waals surface area contributed by atoms with Gasteiger partial charge in [-0.3, -0.25) is 19.7 Å². The number of anilines is 1. The summed E-state index contributed by atoms with van der Waals surface area (Å²) in [6, 6.07) is 10.9. The smallest absolute Gasteiger partial charge is 0.269 e. The number of benzene rings is 2. The van der Waals surface area contributed by atoms with E-state index in [0.29, 0.717) is 26.2 Å². The maximum Gasteiger partial charge on any atom is 0.269 e. The largest absolute Gasteiger partial charge is 0.368 e. The van der Waals surface area contributed by atoms with Crippen LogP contribution in [0.25, 0.3) is 0 Å². The summed E-state index contributed by atoms with van der Waals surface area (Å²) in [5, 5.41) is 13.2. The molecule has 0 atom stereocenters. The zero-order valence-electron chi connectivity index (χ0n) is 19.0. The molecule has 0 unspecified atom stereocenters. The molecule has 1 saturated heterocycles. The molecule has 3 rings (SSSR count). The fraction of sp³-hybridized carbons (Fsp3) is 0.364. The van der Waals surface area contributed by atoms with Crippen molar-refractivity contribution in [3.8, 4) is 0 Å². The van der Waals surface area contributed by atoms with E-state index in [4.69, 9.17) is 0 Å². The first kappa shape index (κ1) is 25.1. The molecule has 0 spiro atoms. The SMILES string of the molecule is Cc1ccc(S(=O)(=O)NCC(=O)NCC(=O)N2CCN(c3ccc([N+](=O)[O-])cc3)CC2)cc1C. The molecule has 0 saturated carbocycles. The summed E-state index contributed by atoms with van der Waals surface area (Å²) in [5.41, 5.74) is 2.64. The second-order valence-corrected chi connectivity index (χ2v) is 9.76. The van der Waals surface area contributed by atoms with E-state index < -0.39 is 27.4 Å². The van der Waals surface area contributed by atoms with Gasteiger partial charge in [0.05, 0.1) is 22.9 Å². The highest BCUT2D eigenvalue weighted by molar-refractivity contribution is 7.89. The summed E-state index contributed by atoms with van der Waals surface area (Å²) in [6.45, 7) is 4.94. The van der Waals surface area contributed by atoms with Gasteiger partial charge in [-0.1, -0.05) is 6.07 Å². The van der Waals surface area contributed by atoms with Gasteiger partial charge in [-0.05, 0) is 49.2 Å². The summed E-state index contributed by atoms with van der Waals surface area (Å²) in [6.07, 6.45) is 0. The van der Waals surface area contributed by atoms with Crippen molar-refractivity contribution in [2.24, 2.45) is 0 Å². The first-order valence-electron chi connectivity index (χ1n) is 10.7. The number of sulfonamides is 1. The average Bonchev–Trinajstić information content (AvgIpc) is 2.83. The lowest BCUT2D eigenvalue weighted by Gasteiger charge is -2.36. The third kappa shape index (κ3) is 6.29. The van der Waals surface area contributed by atoms with Crippen molar-refractivity contribution in [1.29, 1.82) is 0 Å². The number of nitro groups is 1. The molecule has 1 fully saturated rings. The van der Waals surface area contributed by atoms with Gasteiger partial charge < -0.3 is 15.1 Å². The number of hydrogen-bond donors (Lipinski definition) is 2. The van der Waals surface area contributed by atoms with Crippen LogP contribution in [-0.4, -0.2) is 69.3 Å². The molecule has 34 heavy (non-hydrogen) atoms. The molecule has 1 heterocycles. The van der Waals surface area contributed by atoms with E-state index in [1.165, 1.54) is 24.3 Å². The van der Waals surface area contributed by atoms with E-state index in [9.17, 15) is 28.1 Å². The highest BCUT2D eigenvalue weighted by Crippen LogP contribution is 2.20. The number of non-ortho nitro benzene ring substituents is 1. The van der Waals surface area contributed by atoms with Crippen LogP contribution in [0.4, 0.5) is 11.4 Å². The number of carbonyl (C=O) groups is 2. The summed E-state index contributed by atoms with van der Waals surface area (Å²) >= 11 is 0. The van der Waals surface area contributed by atoms with Gasteiger partial charge in [-0.15, -0.1) is 0 Å².